The lowest BCUT2D eigenvalue weighted by Gasteiger charge is -2.24. The van der Waals surface area contributed by atoms with Gasteiger partial charge in [0.05, 0.1) is 5.69 Å². The molecule has 3 heterocycles. The van der Waals surface area contributed by atoms with Gasteiger partial charge in [0.15, 0.2) is 5.96 Å². The molecule has 1 unspecified atom stereocenters. The summed E-state index contributed by atoms with van der Waals surface area (Å²) in [6.45, 7) is 4.95. The van der Waals surface area contributed by atoms with E-state index in [1.54, 1.807) is 25.8 Å². The van der Waals surface area contributed by atoms with Crippen molar-refractivity contribution in [2.45, 2.75) is 51.7 Å². The van der Waals surface area contributed by atoms with E-state index in [0.717, 1.165) is 36.6 Å². The van der Waals surface area contributed by atoms with Crippen LogP contribution in [0.1, 0.15) is 43.1 Å². The van der Waals surface area contributed by atoms with Crippen molar-refractivity contribution in [1.29, 1.82) is 0 Å². The molecule has 1 atom stereocenters. The molecule has 0 saturated heterocycles. The van der Waals surface area contributed by atoms with Crippen LogP contribution < -0.4 is 10.6 Å². The largest absolute Gasteiger partial charge is 0.353 e. The second-order valence-electron chi connectivity index (χ2n) is 7.64. The molecular weight excluding hydrogens is 491 g/mol. The van der Waals surface area contributed by atoms with Crippen molar-refractivity contribution in [3.05, 3.63) is 60.1 Å². The number of imidazole rings is 1. The van der Waals surface area contributed by atoms with Gasteiger partial charge in [-0.3, -0.25) is 14.2 Å². The van der Waals surface area contributed by atoms with Crippen molar-refractivity contribution >= 4 is 29.9 Å². The third-order valence-corrected chi connectivity index (χ3v) is 5.25. The molecule has 0 aromatic carbocycles. The van der Waals surface area contributed by atoms with Crippen molar-refractivity contribution < 1.29 is 0 Å². The molecule has 2 N–H and O–H groups in total. The van der Waals surface area contributed by atoms with Gasteiger partial charge in [-0.15, -0.1) is 24.0 Å². The second kappa shape index (κ2) is 10.1. The van der Waals surface area contributed by atoms with Gasteiger partial charge in [0.2, 0.25) is 0 Å². The molecular formula is C21H29IN8. The molecule has 0 fully saturated rings. The zero-order valence-electron chi connectivity index (χ0n) is 17.6. The van der Waals surface area contributed by atoms with Gasteiger partial charge in [0, 0.05) is 62.4 Å². The summed E-state index contributed by atoms with van der Waals surface area (Å²) in [5, 5.41) is 11.7. The molecule has 8 nitrogen and oxygen atoms in total. The Kier molecular flexibility index (Phi) is 7.46. The fourth-order valence-corrected chi connectivity index (χ4v) is 3.65. The number of guanidine groups is 1. The number of rotatable bonds is 5. The second-order valence-corrected chi connectivity index (χ2v) is 7.64. The molecule has 3 aromatic rings. The van der Waals surface area contributed by atoms with E-state index in [2.05, 4.69) is 56.4 Å². The Morgan fingerprint density at radius 1 is 1.33 bits per heavy atom. The number of aromatic nitrogens is 5. The summed E-state index contributed by atoms with van der Waals surface area (Å²) in [5.74, 6) is 1.66. The van der Waals surface area contributed by atoms with Crippen LogP contribution in [0.25, 0.3) is 5.82 Å². The third-order valence-electron chi connectivity index (χ3n) is 5.25. The SMILES string of the molecule is CN=C(NCc1cccnc1-n1ccnc1)NC1CCc2cn(C(C)C)nc2C1.I. The van der Waals surface area contributed by atoms with E-state index >= 15 is 0 Å². The molecule has 1 aliphatic carbocycles. The molecule has 9 heteroatoms. The lowest BCUT2D eigenvalue weighted by molar-refractivity contribution is 0.499. The Morgan fingerprint density at radius 3 is 2.93 bits per heavy atom. The van der Waals surface area contributed by atoms with Crippen LogP contribution in [0.3, 0.4) is 0 Å². The monoisotopic (exact) mass is 520 g/mol. The molecule has 1 aliphatic rings. The Bertz CT molecular complexity index is 977. The first-order valence-electron chi connectivity index (χ1n) is 10.1. The predicted octanol–water partition coefficient (Wildman–Crippen LogP) is 2.89. The number of aliphatic imine (C=N–C) groups is 1. The molecule has 0 saturated carbocycles. The number of hydrogen-bond acceptors (Lipinski definition) is 4. The Labute approximate surface area is 194 Å². The first-order chi connectivity index (χ1) is 14.1. The molecule has 0 spiro atoms. The zero-order chi connectivity index (χ0) is 20.2. The molecule has 0 bridgehead atoms. The molecule has 4 rings (SSSR count). The highest BCUT2D eigenvalue weighted by Gasteiger charge is 2.23. The predicted molar refractivity (Wildman–Crippen MR) is 129 cm³/mol. The van der Waals surface area contributed by atoms with E-state index in [1.165, 1.54) is 11.3 Å². The van der Waals surface area contributed by atoms with Gasteiger partial charge >= 0.3 is 0 Å². The first kappa shape index (κ1) is 22.3. The average Bonchev–Trinajstić information content (AvgIpc) is 3.41. The molecule has 30 heavy (non-hydrogen) atoms. The summed E-state index contributed by atoms with van der Waals surface area (Å²) in [7, 11) is 1.80. The smallest absolute Gasteiger partial charge is 0.191 e. The highest BCUT2D eigenvalue weighted by Crippen LogP contribution is 2.21. The lowest BCUT2D eigenvalue weighted by Crippen LogP contribution is -2.45. The zero-order valence-corrected chi connectivity index (χ0v) is 19.9. The van der Waals surface area contributed by atoms with Crippen LogP contribution in [0.5, 0.6) is 0 Å². The summed E-state index contributed by atoms with van der Waals surface area (Å²) in [4.78, 5) is 13.0. The average molecular weight is 520 g/mol. The molecule has 160 valence electrons. The number of nitrogens with zero attached hydrogens (tertiary/aromatic N) is 6. The van der Waals surface area contributed by atoms with Gasteiger partial charge < -0.3 is 10.6 Å². The van der Waals surface area contributed by atoms with Crippen LogP contribution in [-0.2, 0) is 19.4 Å². The van der Waals surface area contributed by atoms with Gasteiger partial charge in [-0.25, -0.2) is 9.97 Å². The fourth-order valence-electron chi connectivity index (χ4n) is 3.65. The molecule has 0 amide bonds. The van der Waals surface area contributed by atoms with Crippen LogP contribution in [-0.4, -0.2) is 43.4 Å². The third kappa shape index (κ3) is 5.00. The van der Waals surface area contributed by atoms with Crippen LogP contribution in [0.4, 0.5) is 0 Å². The maximum absolute atomic E-state index is 4.77. The summed E-state index contributed by atoms with van der Waals surface area (Å²) >= 11 is 0. The highest BCUT2D eigenvalue weighted by molar-refractivity contribution is 14.0. The molecule has 0 aliphatic heterocycles. The quantitative estimate of drug-likeness (QED) is 0.307. The number of hydrogen-bond donors (Lipinski definition) is 2. The van der Waals surface area contributed by atoms with Crippen molar-refractivity contribution in [3.63, 3.8) is 0 Å². The van der Waals surface area contributed by atoms with Gasteiger partial charge in [-0.1, -0.05) is 6.07 Å². The minimum Gasteiger partial charge on any atom is -0.353 e. The van der Waals surface area contributed by atoms with E-state index in [1.807, 2.05) is 16.8 Å². The topological polar surface area (TPSA) is 85.0 Å². The number of aryl methyl sites for hydroxylation is 1. The van der Waals surface area contributed by atoms with E-state index in [9.17, 15) is 0 Å². The minimum atomic E-state index is 0. The Morgan fingerprint density at radius 2 is 2.20 bits per heavy atom. The van der Waals surface area contributed by atoms with Gasteiger partial charge in [0.25, 0.3) is 0 Å². The number of pyridine rings is 1. The Balaban J connectivity index is 0.00000256. The summed E-state index contributed by atoms with van der Waals surface area (Å²) in [5.41, 5.74) is 3.66. The van der Waals surface area contributed by atoms with E-state index < -0.39 is 0 Å². The number of fused-ring (bicyclic) bond motifs is 1. The van der Waals surface area contributed by atoms with Crippen LogP contribution in [0.2, 0.25) is 0 Å². The lowest BCUT2D eigenvalue weighted by atomic mass is 9.94. The Hall–Kier alpha value is -2.43. The minimum absolute atomic E-state index is 0. The van der Waals surface area contributed by atoms with Gasteiger partial charge in [0.1, 0.15) is 12.1 Å². The van der Waals surface area contributed by atoms with Crippen LogP contribution >= 0.6 is 24.0 Å². The van der Waals surface area contributed by atoms with Crippen molar-refractivity contribution in [2.75, 3.05) is 7.05 Å². The molecule has 0 radical (unpaired) electrons. The van der Waals surface area contributed by atoms with Crippen molar-refractivity contribution in [3.8, 4) is 5.82 Å². The maximum Gasteiger partial charge on any atom is 0.191 e. The van der Waals surface area contributed by atoms with Crippen LogP contribution in [0, 0.1) is 0 Å². The van der Waals surface area contributed by atoms with E-state index in [-0.39, 0.29) is 24.0 Å². The van der Waals surface area contributed by atoms with Gasteiger partial charge in [-0.05, 0) is 38.3 Å². The standard InChI is InChI=1S/C21H28N8.HI/c1-15(2)29-13-17-6-7-18(11-19(17)27-29)26-21(22-3)25-12-16-5-4-8-24-20(16)28-10-9-23-14-28;/h4-5,8-10,13-15,18H,6-7,11-12H2,1-3H3,(H2,22,25,26);1H. The number of nitrogens with one attached hydrogen (secondary N) is 2. The maximum atomic E-state index is 4.77. The van der Waals surface area contributed by atoms with Crippen LogP contribution in [0.15, 0.2) is 48.2 Å². The summed E-state index contributed by atoms with van der Waals surface area (Å²) in [6.07, 6.45) is 12.4. The number of halogens is 1. The van der Waals surface area contributed by atoms with Crippen molar-refractivity contribution in [2.24, 2.45) is 4.99 Å². The van der Waals surface area contributed by atoms with Crippen molar-refractivity contribution in [1.82, 2.24) is 34.9 Å². The molecule has 3 aromatic heterocycles. The highest BCUT2D eigenvalue weighted by atomic mass is 127. The fraction of sp³-hybridized carbons (Fsp3) is 0.429. The summed E-state index contributed by atoms with van der Waals surface area (Å²) in [6, 6.07) is 4.73. The van der Waals surface area contributed by atoms with E-state index in [0.29, 0.717) is 18.6 Å². The summed E-state index contributed by atoms with van der Waals surface area (Å²) < 4.78 is 3.99. The van der Waals surface area contributed by atoms with E-state index in [4.69, 9.17) is 5.10 Å². The first-order valence-corrected chi connectivity index (χ1v) is 10.1. The van der Waals surface area contributed by atoms with Gasteiger partial charge in [-0.2, -0.15) is 5.10 Å². The normalized spacial score (nSPS) is 16.1.